The molecule has 0 aliphatic heterocycles. The molecule has 0 spiro atoms. The molecule has 2 heterocycles. The highest BCUT2D eigenvalue weighted by Crippen LogP contribution is 2.38. The third kappa shape index (κ3) is 3.55. The minimum Gasteiger partial charge on any atom is -0.454 e. The van der Waals surface area contributed by atoms with Crippen LogP contribution in [0.25, 0.3) is 6.08 Å². The van der Waals surface area contributed by atoms with Crippen LogP contribution in [0.5, 0.6) is 0 Å². The first kappa shape index (κ1) is 16.4. The topological polar surface area (TPSA) is 74.8 Å². The van der Waals surface area contributed by atoms with E-state index in [1.54, 1.807) is 4.68 Å². The van der Waals surface area contributed by atoms with E-state index in [1.165, 1.54) is 30.3 Å². The number of hydrogen-bond donors (Lipinski definition) is 0. The van der Waals surface area contributed by atoms with Gasteiger partial charge in [-0.15, -0.1) is 5.10 Å². The van der Waals surface area contributed by atoms with Crippen LogP contribution in [-0.4, -0.2) is 30.7 Å². The molecule has 1 fully saturated rings. The highest BCUT2D eigenvalue weighted by Gasteiger charge is 2.26. The van der Waals surface area contributed by atoms with Crippen molar-refractivity contribution in [2.75, 3.05) is 0 Å². The molecule has 2 aromatic heterocycles. The van der Waals surface area contributed by atoms with E-state index >= 15 is 0 Å². The normalized spacial score (nSPS) is 14.5. The Morgan fingerprint density at radius 1 is 1.42 bits per heavy atom. The van der Waals surface area contributed by atoms with Gasteiger partial charge in [0.05, 0.1) is 0 Å². The number of carbonyl (C=O) groups excluding carboxylic acids is 1. The van der Waals surface area contributed by atoms with E-state index in [-0.39, 0.29) is 6.61 Å². The molecule has 1 saturated carbocycles. The summed E-state index contributed by atoms with van der Waals surface area (Å²) in [7, 11) is 0. The van der Waals surface area contributed by atoms with Gasteiger partial charge in [0, 0.05) is 30.1 Å². The minimum absolute atomic E-state index is 0.0806. The van der Waals surface area contributed by atoms with Crippen LogP contribution in [0.15, 0.2) is 12.1 Å². The zero-order valence-corrected chi connectivity index (χ0v) is 14.4. The number of ether oxygens (including phenoxy) is 1. The van der Waals surface area contributed by atoms with Gasteiger partial charge in [-0.2, -0.15) is 0 Å². The molecule has 1 aliphatic rings. The molecular formula is C17H23N5O2. The van der Waals surface area contributed by atoms with Crippen molar-refractivity contribution in [3.05, 3.63) is 34.9 Å². The molecule has 0 atom stereocenters. The van der Waals surface area contributed by atoms with Gasteiger partial charge in [0.25, 0.3) is 0 Å². The van der Waals surface area contributed by atoms with Crippen molar-refractivity contribution in [3.8, 4) is 0 Å². The van der Waals surface area contributed by atoms with Crippen LogP contribution in [-0.2, 0) is 22.7 Å². The lowest BCUT2D eigenvalue weighted by Crippen LogP contribution is -2.09. The third-order valence-corrected chi connectivity index (χ3v) is 4.22. The smallest absolute Gasteiger partial charge is 0.331 e. The van der Waals surface area contributed by atoms with Crippen LogP contribution in [0, 0.1) is 13.8 Å². The van der Waals surface area contributed by atoms with Gasteiger partial charge < -0.3 is 9.30 Å². The van der Waals surface area contributed by atoms with Gasteiger partial charge in [0.2, 0.25) is 0 Å². The van der Waals surface area contributed by atoms with Gasteiger partial charge in [-0.3, -0.25) is 0 Å². The maximum Gasteiger partial charge on any atom is 0.331 e. The summed E-state index contributed by atoms with van der Waals surface area (Å²) in [6, 6.07) is 2.75. The molecule has 7 heteroatoms. The number of hydrogen-bond acceptors (Lipinski definition) is 5. The molecule has 128 valence electrons. The first-order valence-electron chi connectivity index (χ1n) is 8.38. The van der Waals surface area contributed by atoms with Crippen molar-refractivity contribution >= 4 is 12.0 Å². The third-order valence-electron chi connectivity index (χ3n) is 4.22. The number of aryl methyl sites for hydroxylation is 2. The Bertz CT molecular complexity index is 755. The van der Waals surface area contributed by atoms with Crippen LogP contribution < -0.4 is 0 Å². The lowest BCUT2D eigenvalue weighted by Gasteiger charge is -2.06. The average molecular weight is 329 g/mol. The van der Waals surface area contributed by atoms with Gasteiger partial charge in [-0.1, -0.05) is 6.92 Å². The van der Waals surface area contributed by atoms with Crippen molar-refractivity contribution < 1.29 is 9.53 Å². The van der Waals surface area contributed by atoms with Crippen molar-refractivity contribution in [2.24, 2.45) is 0 Å². The summed E-state index contributed by atoms with van der Waals surface area (Å²) in [6.45, 7) is 7.03. The molecule has 0 saturated heterocycles. The summed E-state index contributed by atoms with van der Waals surface area (Å²) < 4.78 is 9.24. The zero-order chi connectivity index (χ0) is 17.1. The number of tetrazole rings is 1. The van der Waals surface area contributed by atoms with Crippen LogP contribution in [0.4, 0.5) is 0 Å². The van der Waals surface area contributed by atoms with E-state index < -0.39 is 5.97 Å². The fourth-order valence-corrected chi connectivity index (χ4v) is 2.92. The van der Waals surface area contributed by atoms with Crippen LogP contribution in [0.1, 0.15) is 55.0 Å². The Morgan fingerprint density at radius 2 is 2.21 bits per heavy atom. The second kappa shape index (κ2) is 6.98. The van der Waals surface area contributed by atoms with E-state index in [9.17, 15) is 4.79 Å². The molecule has 1 aliphatic carbocycles. The Balaban J connectivity index is 1.59. The number of nitrogens with zero attached hydrogens (tertiary/aromatic N) is 5. The highest BCUT2D eigenvalue weighted by atomic mass is 16.5. The first-order chi connectivity index (χ1) is 11.6. The van der Waals surface area contributed by atoms with E-state index in [0.29, 0.717) is 18.4 Å². The molecule has 0 bridgehead atoms. The van der Waals surface area contributed by atoms with Crippen LogP contribution in [0.3, 0.4) is 0 Å². The van der Waals surface area contributed by atoms with E-state index in [4.69, 9.17) is 4.74 Å². The lowest BCUT2D eigenvalue weighted by atomic mass is 10.2. The number of aromatic nitrogens is 5. The van der Waals surface area contributed by atoms with Gasteiger partial charge in [0.1, 0.15) is 0 Å². The van der Waals surface area contributed by atoms with Crippen LogP contribution in [0.2, 0.25) is 0 Å². The van der Waals surface area contributed by atoms with Crippen molar-refractivity contribution in [1.29, 1.82) is 0 Å². The summed E-state index contributed by atoms with van der Waals surface area (Å²) >= 11 is 0. The predicted octanol–water partition coefficient (Wildman–Crippen LogP) is 2.59. The molecule has 7 nitrogen and oxygen atoms in total. The summed E-state index contributed by atoms with van der Waals surface area (Å²) in [5.41, 5.74) is 3.50. The molecule has 3 rings (SSSR count). The van der Waals surface area contributed by atoms with Gasteiger partial charge >= 0.3 is 5.97 Å². The Labute approximate surface area is 141 Å². The Morgan fingerprint density at radius 3 is 2.92 bits per heavy atom. The van der Waals surface area contributed by atoms with E-state index in [2.05, 4.69) is 40.0 Å². The average Bonchev–Trinajstić information content (AvgIpc) is 3.21. The first-order valence-corrected chi connectivity index (χ1v) is 8.38. The molecule has 0 N–H and O–H groups in total. The maximum atomic E-state index is 11.9. The monoisotopic (exact) mass is 329 g/mol. The molecular weight excluding hydrogens is 306 g/mol. The van der Waals surface area contributed by atoms with Gasteiger partial charge in [0.15, 0.2) is 12.4 Å². The summed E-state index contributed by atoms with van der Waals surface area (Å²) in [6.07, 6.45) is 6.69. The SMILES string of the molecule is CCCn1nnnc1COC(=O)/C=C/c1cc(C)n(C2CC2)c1C. The molecule has 0 aromatic carbocycles. The standard InChI is InChI=1S/C17H23N5O2/c1-4-9-21-16(18-19-20-21)11-24-17(23)8-5-14-10-12(2)22(13(14)3)15-6-7-15/h5,8,10,15H,4,6-7,9,11H2,1-3H3/b8-5+. The molecule has 24 heavy (non-hydrogen) atoms. The van der Waals surface area contributed by atoms with Crippen molar-refractivity contribution in [3.63, 3.8) is 0 Å². The van der Waals surface area contributed by atoms with E-state index in [1.807, 2.05) is 13.0 Å². The highest BCUT2D eigenvalue weighted by molar-refractivity contribution is 5.87. The zero-order valence-electron chi connectivity index (χ0n) is 14.4. The largest absolute Gasteiger partial charge is 0.454 e. The molecule has 0 radical (unpaired) electrons. The van der Waals surface area contributed by atoms with Crippen molar-refractivity contribution in [2.45, 2.75) is 59.2 Å². The maximum absolute atomic E-state index is 11.9. The number of esters is 1. The second-order valence-electron chi connectivity index (χ2n) is 6.19. The Kier molecular flexibility index (Phi) is 4.78. The number of carbonyl (C=O) groups is 1. The summed E-state index contributed by atoms with van der Waals surface area (Å²) in [5, 5.41) is 11.4. The lowest BCUT2D eigenvalue weighted by molar-refractivity contribution is -0.139. The summed E-state index contributed by atoms with van der Waals surface area (Å²) in [5.74, 6) is 0.169. The molecule has 0 amide bonds. The van der Waals surface area contributed by atoms with E-state index in [0.717, 1.165) is 12.0 Å². The predicted molar refractivity (Wildman–Crippen MR) is 89.1 cm³/mol. The van der Waals surface area contributed by atoms with Gasteiger partial charge in [-0.25, -0.2) is 9.48 Å². The van der Waals surface area contributed by atoms with Gasteiger partial charge in [-0.05, 0) is 61.2 Å². The molecule has 0 unspecified atom stereocenters. The second-order valence-corrected chi connectivity index (χ2v) is 6.19. The summed E-state index contributed by atoms with van der Waals surface area (Å²) in [4.78, 5) is 11.9. The number of rotatable bonds is 7. The fraction of sp³-hybridized carbons (Fsp3) is 0.529. The quantitative estimate of drug-likeness (QED) is 0.576. The van der Waals surface area contributed by atoms with Crippen molar-refractivity contribution in [1.82, 2.24) is 24.8 Å². The van der Waals surface area contributed by atoms with Crippen LogP contribution >= 0.6 is 0 Å². The minimum atomic E-state index is -0.391. The Hall–Kier alpha value is -2.44. The molecule has 2 aromatic rings. The fourth-order valence-electron chi connectivity index (χ4n) is 2.92.